The summed E-state index contributed by atoms with van der Waals surface area (Å²) in [4.78, 5) is 44.3. The number of carbonyl (C=O) groups excluding carboxylic acids is 1. The molecular formula is C35H16F2N4O4S3. The lowest BCUT2D eigenvalue weighted by Gasteiger charge is -2.08. The molecule has 0 N–H and O–H groups in total. The van der Waals surface area contributed by atoms with Crippen molar-refractivity contribution in [2.24, 2.45) is 4.99 Å². The molecule has 5 aromatic carbocycles. The number of nitrogens with zero attached hydrogens (tertiary/aromatic N) is 4. The molecule has 4 aromatic heterocycles. The normalized spacial score (nSPS) is 12.4. The molecule has 232 valence electrons. The van der Waals surface area contributed by atoms with Gasteiger partial charge in [0, 0.05) is 32.0 Å². The SMILES string of the molecule is O=C(OCc1ccccc1)n1c2cc(-c3ccc(/N=c4\c(=O)c(=O)c5c(F)cc(F)cc45)c4nsnc34)sc2c2sc3ccccc3c21. The second-order valence-electron chi connectivity index (χ2n) is 11.0. The Bertz CT molecular complexity index is 2950. The minimum Gasteiger partial charge on any atom is -0.444 e. The summed E-state index contributed by atoms with van der Waals surface area (Å²) in [5.41, 5.74) is 2.02. The van der Waals surface area contributed by atoms with E-state index in [1.165, 1.54) is 11.3 Å². The molecule has 0 saturated heterocycles. The van der Waals surface area contributed by atoms with Crippen molar-refractivity contribution in [3.63, 3.8) is 0 Å². The van der Waals surface area contributed by atoms with E-state index in [1.54, 1.807) is 28.0 Å². The predicted molar refractivity (Wildman–Crippen MR) is 185 cm³/mol. The number of aromatic nitrogens is 3. The van der Waals surface area contributed by atoms with Crippen LogP contribution in [-0.2, 0) is 11.3 Å². The maximum atomic E-state index is 14.4. The van der Waals surface area contributed by atoms with Gasteiger partial charge in [0.25, 0.3) is 5.43 Å². The highest BCUT2D eigenvalue weighted by Gasteiger charge is 2.25. The summed E-state index contributed by atoms with van der Waals surface area (Å²) in [6.07, 6.45) is -0.498. The molecule has 0 aliphatic heterocycles. The molecule has 13 heteroatoms. The molecule has 0 unspecified atom stereocenters. The van der Waals surface area contributed by atoms with Crippen molar-refractivity contribution in [3.05, 3.63) is 128 Å². The summed E-state index contributed by atoms with van der Waals surface area (Å²) in [6, 6.07) is 24.2. The third kappa shape index (κ3) is 4.28. The van der Waals surface area contributed by atoms with Crippen LogP contribution in [0.4, 0.5) is 19.3 Å². The number of fused-ring (bicyclic) bond motifs is 7. The zero-order valence-corrected chi connectivity index (χ0v) is 26.6. The number of halogens is 2. The Morgan fingerprint density at radius 1 is 0.833 bits per heavy atom. The summed E-state index contributed by atoms with van der Waals surface area (Å²) in [6.45, 7) is 0.118. The second kappa shape index (κ2) is 10.8. The van der Waals surface area contributed by atoms with Crippen LogP contribution in [-0.4, -0.2) is 19.4 Å². The van der Waals surface area contributed by atoms with E-state index in [4.69, 9.17) is 4.74 Å². The van der Waals surface area contributed by atoms with Gasteiger partial charge in [-0.3, -0.25) is 9.59 Å². The molecular weight excluding hydrogens is 675 g/mol. The number of hydrogen-bond donors (Lipinski definition) is 0. The quantitative estimate of drug-likeness (QED) is 0.173. The highest BCUT2D eigenvalue weighted by molar-refractivity contribution is 7.32. The van der Waals surface area contributed by atoms with Crippen LogP contribution >= 0.6 is 34.4 Å². The average Bonchev–Trinajstić information content (AvgIpc) is 3.90. The molecule has 0 bridgehead atoms. The standard InChI is InChI=1S/C35H16F2N4O4S3/c36-17-12-20-26(21(37)13-17)31(42)32(43)28(20)38-22-11-10-18(27-29(22)40-48-39-27)25-14-23-33(47-25)34-30(19-8-4-5-9-24(19)46-34)41(23)35(44)45-15-16-6-2-1-3-7-16/h1-14H,15H2/b38-28-. The first kappa shape index (κ1) is 28.7. The predicted octanol–water partition coefficient (Wildman–Crippen LogP) is 8.19. The van der Waals surface area contributed by atoms with Gasteiger partial charge >= 0.3 is 6.09 Å². The third-order valence-electron chi connectivity index (χ3n) is 8.19. The van der Waals surface area contributed by atoms with E-state index in [1.807, 2.05) is 60.7 Å². The number of hydrogen-bond acceptors (Lipinski definition) is 10. The van der Waals surface area contributed by atoms with Gasteiger partial charge in [0.15, 0.2) is 0 Å². The fourth-order valence-corrected chi connectivity index (χ4v) is 9.12. The molecule has 48 heavy (non-hydrogen) atoms. The molecule has 8 nitrogen and oxygen atoms in total. The Morgan fingerprint density at radius 2 is 1.62 bits per heavy atom. The van der Waals surface area contributed by atoms with Crippen molar-refractivity contribution in [1.29, 1.82) is 0 Å². The molecule has 0 amide bonds. The molecule has 9 aromatic rings. The highest BCUT2D eigenvalue weighted by Crippen LogP contribution is 2.47. The largest absolute Gasteiger partial charge is 0.444 e. The first-order chi connectivity index (χ1) is 23.4. The average molecular weight is 691 g/mol. The molecule has 9 rings (SSSR count). The number of benzene rings is 4. The van der Waals surface area contributed by atoms with Crippen LogP contribution in [0, 0.1) is 11.6 Å². The van der Waals surface area contributed by atoms with Gasteiger partial charge in [-0.2, -0.15) is 8.75 Å². The van der Waals surface area contributed by atoms with Crippen LogP contribution in [0.15, 0.2) is 99.5 Å². The van der Waals surface area contributed by atoms with Crippen LogP contribution in [0.5, 0.6) is 0 Å². The van der Waals surface area contributed by atoms with Crippen LogP contribution < -0.4 is 16.2 Å². The van der Waals surface area contributed by atoms with Crippen molar-refractivity contribution in [2.45, 2.75) is 6.61 Å². The van der Waals surface area contributed by atoms with Crippen molar-refractivity contribution in [2.75, 3.05) is 0 Å². The van der Waals surface area contributed by atoms with Crippen molar-refractivity contribution in [1.82, 2.24) is 13.3 Å². The molecule has 0 aliphatic rings. The first-order valence-corrected chi connectivity index (χ1v) is 16.8. The molecule has 0 spiro atoms. The van der Waals surface area contributed by atoms with Gasteiger partial charge in [0.05, 0.1) is 43.2 Å². The van der Waals surface area contributed by atoms with Crippen LogP contribution in [0.3, 0.4) is 0 Å². The van der Waals surface area contributed by atoms with Crippen LogP contribution in [0.2, 0.25) is 0 Å². The van der Waals surface area contributed by atoms with Crippen molar-refractivity contribution >= 4 is 98.5 Å². The first-order valence-electron chi connectivity index (χ1n) is 14.5. The fourth-order valence-electron chi connectivity index (χ4n) is 6.05. The Balaban J connectivity index is 1.21. The number of thiophene rings is 2. The summed E-state index contributed by atoms with van der Waals surface area (Å²) in [7, 11) is 0. The Hall–Kier alpha value is -5.50. The van der Waals surface area contributed by atoms with Gasteiger partial charge < -0.3 is 4.74 Å². The van der Waals surface area contributed by atoms with E-state index in [0.717, 1.165) is 53.2 Å². The van der Waals surface area contributed by atoms with Gasteiger partial charge in [0.2, 0.25) is 5.43 Å². The van der Waals surface area contributed by atoms with E-state index < -0.39 is 34.0 Å². The smallest absolute Gasteiger partial charge is 0.419 e. The van der Waals surface area contributed by atoms with E-state index in [2.05, 4.69) is 13.7 Å². The van der Waals surface area contributed by atoms with E-state index in [0.29, 0.717) is 28.2 Å². The molecule has 0 fully saturated rings. The summed E-state index contributed by atoms with van der Waals surface area (Å²) < 4.78 is 47.8. The fraction of sp³-hybridized carbons (Fsp3) is 0.0286. The molecule has 0 aliphatic carbocycles. The Labute approximate surface area is 279 Å². The topological polar surface area (TPSA) is 104 Å². The van der Waals surface area contributed by atoms with E-state index >= 15 is 0 Å². The van der Waals surface area contributed by atoms with Crippen molar-refractivity contribution in [3.8, 4) is 10.4 Å². The Kier molecular flexibility index (Phi) is 6.44. The van der Waals surface area contributed by atoms with Crippen LogP contribution in [0.1, 0.15) is 5.56 Å². The van der Waals surface area contributed by atoms with Gasteiger partial charge in [-0.25, -0.2) is 23.1 Å². The minimum atomic E-state index is -1.12. The molecule has 0 atom stereocenters. The maximum Gasteiger partial charge on any atom is 0.419 e. The molecule has 0 radical (unpaired) electrons. The monoisotopic (exact) mass is 690 g/mol. The minimum absolute atomic E-state index is 0.118. The molecule has 4 heterocycles. The highest BCUT2D eigenvalue weighted by atomic mass is 32.1. The van der Waals surface area contributed by atoms with Gasteiger partial charge in [-0.1, -0.05) is 48.5 Å². The Morgan fingerprint density at radius 3 is 2.48 bits per heavy atom. The van der Waals surface area contributed by atoms with Gasteiger partial charge in [-0.15, -0.1) is 22.7 Å². The van der Waals surface area contributed by atoms with E-state index in [9.17, 15) is 23.2 Å². The number of carbonyl (C=O) groups is 1. The second-order valence-corrected chi connectivity index (χ2v) is 13.6. The van der Waals surface area contributed by atoms with Crippen molar-refractivity contribution < 1.29 is 18.3 Å². The number of ether oxygens (including phenoxy) is 1. The number of rotatable bonds is 4. The van der Waals surface area contributed by atoms with E-state index in [-0.39, 0.29) is 23.0 Å². The zero-order chi connectivity index (χ0) is 32.7. The van der Waals surface area contributed by atoms with Gasteiger partial charge in [0.1, 0.15) is 34.6 Å². The summed E-state index contributed by atoms with van der Waals surface area (Å²) >= 11 is 4.04. The maximum absolute atomic E-state index is 14.4. The lowest BCUT2D eigenvalue weighted by atomic mass is 10.1. The molecule has 0 saturated carbocycles. The lowest BCUT2D eigenvalue weighted by Crippen LogP contribution is -2.30. The van der Waals surface area contributed by atoms with Crippen LogP contribution in [0.25, 0.3) is 62.8 Å². The lowest BCUT2D eigenvalue weighted by molar-refractivity contribution is 0.143. The third-order valence-corrected chi connectivity index (χ3v) is 11.2. The summed E-state index contributed by atoms with van der Waals surface area (Å²) in [5.74, 6) is -2.04. The zero-order valence-electron chi connectivity index (χ0n) is 24.2. The van der Waals surface area contributed by atoms with Gasteiger partial charge in [-0.05, 0) is 35.9 Å². The summed E-state index contributed by atoms with van der Waals surface area (Å²) in [5, 5.41) is -0.0941.